The van der Waals surface area contributed by atoms with Crippen LogP contribution in [0, 0.1) is 0 Å². The van der Waals surface area contributed by atoms with Crippen molar-refractivity contribution in [2.75, 3.05) is 13.2 Å². The minimum absolute atomic E-state index is 0.0167. The molecule has 0 aromatic rings. The third-order valence-electron chi connectivity index (χ3n) is 19.1. The van der Waals surface area contributed by atoms with Gasteiger partial charge in [-0.15, -0.1) is 0 Å². The van der Waals surface area contributed by atoms with Crippen molar-refractivity contribution in [1.29, 1.82) is 0 Å². The number of aliphatic hydroxyl groups is 2. The average molecular weight is 1250 g/mol. The quantitative estimate of drug-likeness (QED) is 0.0320. The van der Waals surface area contributed by atoms with Crippen LogP contribution in [0.5, 0.6) is 0 Å². The second kappa shape index (κ2) is 78.5. The molecule has 0 heterocycles. The molecule has 0 aliphatic rings. The smallest absolute Gasteiger partial charge is 0.305 e. The minimum atomic E-state index is -0.846. The fourth-order valence-corrected chi connectivity index (χ4v) is 12.9. The number of rotatable bonds is 77. The summed E-state index contributed by atoms with van der Waals surface area (Å²) in [6, 6.07) is -0.629. The second-order valence-electron chi connectivity index (χ2n) is 28.1. The zero-order chi connectivity index (χ0) is 64.2. The maximum Gasteiger partial charge on any atom is 0.305 e. The molecule has 0 bridgehead atoms. The second-order valence-corrected chi connectivity index (χ2v) is 28.1. The van der Waals surface area contributed by atoms with Gasteiger partial charge in [0.15, 0.2) is 0 Å². The minimum Gasteiger partial charge on any atom is -0.466 e. The Labute approximate surface area is 557 Å². The van der Waals surface area contributed by atoms with Crippen molar-refractivity contribution in [2.24, 2.45) is 0 Å². The van der Waals surface area contributed by atoms with Crippen LogP contribution in [0.1, 0.15) is 457 Å². The summed E-state index contributed by atoms with van der Waals surface area (Å²) < 4.78 is 5.52. The summed E-state index contributed by atoms with van der Waals surface area (Å²) in [6.07, 6.45) is 103. The normalized spacial score (nSPS) is 12.6. The summed E-state index contributed by atoms with van der Waals surface area (Å²) in [5.41, 5.74) is 0. The van der Waals surface area contributed by atoms with E-state index < -0.39 is 12.1 Å². The Balaban J connectivity index is 3.39. The molecule has 6 nitrogen and oxygen atoms in total. The lowest BCUT2D eigenvalue weighted by Crippen LogP contribution is -2.45. The maximum absolute atomic E-state index is 12.6. The van der Waals surface area contributed by atoms with Gasteiger partial charge in [-0.25, -0.2) is 0 Å². The molecule has 0 saturated carbocycles. The molecule has 526 valence electrons. The van der Waals surface area contributed by atoms with Crippen molar-refractivity contribution < 1.29 is 24.5 Å². The highest BCUT2D eigenvalue weighted by Gasteiger charge is 2.18. The molecule has 0 aliphatic heterocycles. The highest BCUT2D eigenvalue weighted by Crippen LogP contribution is 2.20. The van der Waals surface area contributed by atoms with Crippen LogP contribution in [0.25, 0.3) is 0 Å². The number of unbranched alkanes of at least 4 members (excludes halogenated alkanes) is 62. The van der Waals surface area contributed by atoms with Gasteiger partial charge in [0.1, 0.15) is 0 Å². The highest BCUT2D eigenvalue weighted by atomic mass is 16.5. The Morgan fingerprint density at radius 3 is 0.798 bits per heavy atom. The van der Waals surface area contributed by atoms with E-state index in [1.54, 1.807) is 6.08 Å². The number of amides is 1. The van der Waals surface area contributed by atoms with Gasteiger partial charge < -0.3 is 20.3 Å². The molecule has 0 radical (unpaired) electrons. The molecule has 1 amide bonds. The fourth-order valence-electron chi connectivity index (χ4n) is 12.9. The Bertz CT molecular complexity index is 1440. The molecular weight excluding hydrogens is 1090 g/mol. The first kappa shape index (κ1) is 87.1. The number of ether oxygens (including phenoxy) is 1. The van der Waals surface area contributed by atoms with Crippen LogP contribution in [0.3, 0.4) is 0 Å². The van der Waals surface area contributed by atoms with Crippen LogP contribution in [-0.2, 0) is 14.3 Å². The third kappa shape index (κ3) is 75.0. The van der Waals surface area contributed by atoms with E-state index in [9.17, 15) is 19.8 Å². The van der Waals surface area contributed by atoms with Crippen LogP contribution < -0.4 is 5.32 Å². The van der Waals surface area contributed by atoms with Crippen molar-refractivity contribution in [3.8, 4) is 0 Å². The van der Waals surface area contributed by atoms with Crippen molar-refractivity contribution >= 4 is 11.9 Å². The molecule has 0 aromatic heterocycles. The van der Waals surface area contributed by atoms with Crippen molar-refractivity contribution in [2.45, 2.75) is 469 Å². The standard InChI is InChI=1S/C83H159NO5/c1-3-5-7-9-11-13-15-17-19-21-23-24-25-33-36-40-43-47-51-55-59-63-67-71-75-81(86)80(79-85)84-82(87)76-72-68-64-60-56-52-48-44-41-37-34-31-29-27-26-28-30-32-35-38-42-46-50-54-58-62-66-70-74-78-89-83(88)77-73-69-65-61-57-53-49-45-39-22-20-18-16-14-12-10-8-6-4-2/h18,20,26,28,71,75,80-81,85-86H,3-17,19,21-25,27,29-70,72-74,76-79H2,1-2H3,(H,84,87)/b20-18-,28-26-,75-71+. The number of carbonyl (C=O) groups excluding carboxylic acids is 2. The summed E-state index contributed by atoms with van der Waals surface area (Å²) in [6.45, 7) is 4.95. The predicted molar refractivity (Wildman–Crippen MR) is 393 cm³/mol. The van der Waals surface area contributed by atoms with E-state index >= 15 is 0 Å². The van der Waals surface area contributed by atoms with Gasteiger partial charge >= 0.3 is 5.97 Å². The summed E-state index contributed by atoms with van der Waals surface area (Å²) in [5, 5.41) is 23.3. The number of hydrogen-bond acceptors (Lipinski definition) is 5. The van der Waals surface area contributed by atoms with Crippen molar-refractivity contribution in [3.63, 3.8) is 0 Å². The lowest BCUT2D eigenvalue weighted by atomic mass is 10.0. The van der Waals surface area contributed by atoms with Crippen LogP contribution in [-0.4, -0.2) is 47.4 Å². The number of hydrogen-bond donors (Lipinski definition) is 3. The summed E-state index contributed by atoms with van der Waals surface area (Å²) in [5.74, 6) is -0.0454. The lowest BCUT2D eigenvalue weighted by Gasteiger charge is -2.20. The topological polar surface area (TPSA) is 95.9 Å². The molecular formula is C83H159NO5. The largest absolute Gasteiger partial charge is 0.466 e. The van der Waals surface area contributed by atoms with Crippen molar-refractivity contribution in [3.05, 3.63) is 36.5 Å². The maximum atomic E-state index is 12.6. The van der Waals surface area contributed by atoms with Gasteiger partial charge in [0, 0.05) is 12.8 Å². The molecule has 3 N–H and O–H groups in total. The molecule has 6 heteroatoms. The number of nitrogens with one attached hydrogen (secondary N) is 1. The molecule has 0 aliphatic carbocycles. The van der Waals surface area contributed by atoms with E-state index in [2.05, 4.69) is 43.5 Å². The average Bonchev–Trinajstić information content (AvgIpc) is 3.56. The monoisotopic (exact) mass is 1250 g/mol. The predicted octanol–water partition coefficient (Wildman–Crippen LogP) is 27.0. The van der Waals surface area contributed by atoms with Crippen LogP contribution in [0.15, 0.2) is 36.5 Å². The fraction of sp³-hybridized carbons (Fsp3) is 0.904. The van der Waals surface area contributed by atoms with E-state index in [1.807, 2.05) is 6.08 Å². The Morgan fingerprint density at radius 1 is 0.303 bits per heavy atom. The molecule has 0 fully saturated rings. The molecule has 0 saturated heterocycles. The van der Waals surface area contributed by atoms with Crippen LogP contribution in [0.4, 0.5) is 0 Å². The van der Waals surface area contributed by atoms with Gasteiger partial charge in [0.25, 0.3) is 0 Å². The first-order chi connectivity index (χ1) is 44.0. The van der Waals surface area contributed by atoms with E-state index in [-0.39, 0.29) is 18.5 Å². The summed E-state index contributed by atoms with van der Waals surface area (Å²) in [4.78, 5) is 24.7. The van der Waals surface area contributed by atoms with Gasteiger partial charge in [0.2, 0.25) is 5.91 Å². The zero-order valence-corrected chi connectivity index (χ0v) is 60.4. The molecule has 0 rings (SSSR count). The lowest BCUT2D eigenvalue weighted by molar-refractivity contribution is -0.143. The van der Waals surface area contributed by atoms with Crippen LogP contribution in [0.2, 0.25) is 0 Å². The SMILES string of the molecule is CCCCCCCC/C=C\CCCCCCCCCCCC(=O)OCCCCCCCCCCCCCC/C=C\CCCCCCCCCCCCCCCC(=O)NC(CO)C(O)/C=C/CCCCCCCCCCCCCCCCCCCCCCCC. The van der Waals surface area contributed by atoms with E-state index in [1.165, 1.54) is 392 Å². The molecule has 2 unspecified atom stereocenters. The number of esters is 1. The van der Waals surface area contributed by atoms with Gasteiger partial charge in [-0.1, -0.05) is 397 Å². The van der Waals surface area contributed by atoms with Gasteiger partial charge in [-0.2, -0.15) is 0 Å². The van der Waals surface area contributed by atoms with E-state index in [0.29, 0.717) is 19.4 Å². The number of carbonyl (C=O) groups is 2. The Morgan fingerprint density at radius 2 is 0.528 bits per heavy atom. The Hall–Kier alpha value is -1.92. The zero-order valence-electron chi connectivity index (χ0n) is 60.4. The van der Waals surface area contributed by atoms with Crippen molar-refractivity contribution in [1.82, 2.24) is 5.32 Å². The first-order valence-corrected chi connectivity index (χ1v) is 40.8. The van der Waals surface area contributed by atoms with E-state index in [4.69, 9.17) is 4.74 Å². The molecule has 0 aromatic carbocycles. The third-order valence-corrected chi connectivity index (χ3v) is 19.1. The number of allylic oxidation sites excluding steroid dienone is 5. The Kier molecular flexibility index (Phi) is 76.8. The summed E-state index contributed by atoms with van der Waals surface area (Å²) in [7, 11) is 0. The van der Waals surface area contributed by atoms with Gasteiger partial charge in [-0.3, -0.25) is 9.59 Å². The van der Waals surface area contributed by atoms with E-state index in [0.717, 1.165) is 38.5 Å². The van der Waals surface area contributed by atoms with Gasteiger partial charge in [-0.05, 0) is 83.5 Å². The van der Waals surface area contributed by atoms with Crippen LogP contribution >= 0.6 is 0 Å². The molecule has 0 spiro atoms. The number of aliphatic hydroxyl groups excluding tert-OH is 2. The molecule has 89 heavy (non-hydrogen) atoms. The highest BCUT2D eigenvalue weighted by molar-refractivity contribution is 5.76. The molecule has 2 atom stereocenters. The van der Waals surface area contributed by atoms with Gasteiger partial charge in [0.05, 0.1) is 25.4 Å². The summed E-state index contributed by atoms with van der Waals surface area (Å²) >= 11 is 0. The first-order valence-electron chi connectivity index (χ1n) is 40.8.